The Bertz CT molecular complexity index is 326. The minimum Gasteiger partial charge on any atom is -0.261 e. The molecule has 4 unspecified atom stereocenters. The Morgan fingerprint density at radius 1 is 1.64 bits per heavy atom. The molecular weight excluding hydrogens is 246 g/mol. The maximum absolute atomic E-state index is 4.47. The van der Waals surface area contributed by atoms with E-state index >= 15 is 0 Å². The molecule has 1 aliphatic carbocycles. The summed E-state index contributed by atoms with van der Waals surface area (Å²) in [4.78, 5) is 4.47. The van der Waals surface area contributed by atoms with Gasteiger partial charge in [-0.2, -0.15) is 0 Å². The standard InChI is InChI=1S/C9H15NP4/c1-6-5-8-7(3-2-4-10-8)9(6)14(12)13-11/h2-4,6,9,13H,5,11-12H2,1H3/t6-,9-,14?/m0/s1. The zero-order valence-corrected chi connectivity index (χ0v) is 12.3. The largest absolute Gasteiger partial charge is 0.261 e. The summed E-state index contributed by atoms with van der Waals surface area (Å²) in [5, 5.41) is 0. The van der Waals surface area contributed by atoms with Crippen molar-refractivity contribution in [2.45, 2.75) is 19.0 Å². The fraction of sp³-hybridized carbons (Fsp3) is 0.444. The maximum atomic E-state index is 4.47. The first-order valence-electron chi connectivity index (χ1n) is 4.68. The Morgan fingerprint density at radius 3 is 3.14 bits per heavy atom. The van der Waals surface area contributed by atoms with Crippen LogP contribution in [-0.2, 0) is 6.42 Å². The van der Waals surface area contributed by atoms with E-state index in [-0.39, 0.29) is 7.30 Å². The van der Waals surface area contributed by atoms with Gasteiger partial charge in [-0.3, -0.25) is 4.98 Å². The van der Waals surface area contributed by atoms with Crippen LogP contribution in [-0.4, -0.2) is 4.98 Å². The van der Waals surface area contributed by atoms with Crippen LogP contribution < -0.4 is 0 Å². The summed E-state index contributed by atoms with van der Waals surface area (Å²) in [6.45, 7) is 2.36. The topological polar surface area (TPSA) is 12.9 Å². The molecule has 1 aromatic heterocycles. The van der Waals surface area contributed by atoms with Crippen LogP contribution >= 0.6 is 33.1 Å². The van der Waals surface area contributed by atoms with Gasteiger partial charge in [-0.25, -0.2) is 0 Å². The van der Waals surface area contributed by atoms with Gasteiger partial charge in [0, 0.05) is 17.5 Å². The van der Waals surface area contributed by atoms with Crippen molar-refractivity contribution in [2.75, 3.05) is 0 Å². The Balaban J connectivity index is 2.34. The van der Waals surface area contributed by atoms with Crippen LogP contribution in [0, 0.1) is 5.92 Å². The molecule has 1 nitrogen and oxygen atoms in total. The highest BCUT2D eigenvalue weighted by Crippen LogP contribution is 2.77. The minimum atomic E-state index is 0.0620. The molecule has 0 spiro atoms. The maximum Gasteiger partial charge on any atom is 0.0445 e. The first-order valence-corrected chi connectivity index (χ1v) is 11.4. The molecule has 0 saturated heterocycles. The van der Waals surface area contributed by atoms with E-state index in [9.17, 15) is 0 Å². The molecule has 1 aromatic rings. The normalized spacial score (nSPS) is 28.2. The van der Waals surface area contributed by atoms with E-state index in [1.807, 2.05) is 6.20 Å². The highest BCUT2D eigenvalue weighted by atomic mass is 32.6. The molecule has 0 bridgehead atoms. The van der Waals surface area contributed by atoms with Crippen LogP contribution in [0.25, 0.3) is 0 Å². The molecule has 0 radical (unpaired) electrons. The first-order chi connectivity index (χ1) is 6.74. The van der Waals surface area contributed by atoms with Gasteiger partial charge in [0.15, 0.2) is 0 Å². The molecule has 0 amide bonds. The van der Waals surface area contributed by atoms with Crippen LogP contribution in [0.15, 0.2) is 18.3 Å². The fourth-order valence-corrected chi connectivity index (χ4v) is 7.94. The van der Waals surface area contributed by atoms with Crippen LogP contribution in [0.4, 0.5) is 0 Å². The van der Waals surface area contributed by atoms with Gasteiger partial charge < -0.3 is 0 Å². The Morgan fingerprint density at radius 2 is 2.43 bits per heavy atom. The van der Waals surface area contributed by atoms with Crippen molar-refractivity contribution < 1.29 is 0 Å². The van der Waals surface area contributed by atoms with Gasteiger partial charge in [0.25, 0.3) is 0 Å². The third kappa shape index (κ3) is 2.03. The van der Waals surface area contributed by atoms with Crippen molar-refractivity contribution in [2.24, 2.45) is 5.92 Å². The molecule has 0 N–H and O–H groups in total. The molecular formula is C9H15NP4. The molecule has 5 heteroatoms. The second kappa shape index (κ2) is 4.80. The number of nitrogens with zero attached hydrogens (tertiary/aromatic N) is 1. The minimum absolute atomic E-state index is 0.0620. The lowest BCUT2D eigenvalue weighted by Gasteiger charge is -2.22. The van der Waals surface area contributed by atoms with Crippen molar-refractivity contribution in [3.05, 3.63) is 29.6 Å². The quantitative estimate of drug-likeness (QED) is 0.734. The van der Waals surface area contributed by atoms with Gasteiger partial charge in [-0.05, 0) is 24.0 Å². The highest BCUT2D eigenvalue weighted by molar-refractivity contribution is 8.61. The monoisotopic (exact) mass is 261 g/mol. The number of pyridine rings is 1. The van der Waals surface area contributed by atoms with Crippen LogP contribution in [0.5, 0.6) is 0 Å². The summed E-state index contributed by atoms with van der Waals surface area (Å²) >= 11 is 0. The average molecular weight is 261 g/mol. The van der Waals surface area contributed by atoms with E-state index in [1.165, 1.54) is 17.7 Å². The average Bonchev–Trinajstić information content (AvgIpc) is 2.53. The van der Waals surface area contributed by atoms with Crippen molar-refractivity contribution in [1.29, 1.82) is 0 Å². The van der Waals surface area contributed by atoms with Crippen molar-refractivity contribution >= 4 is 33.1 Å². The van der Waals surface area contributed by atoms with Crippen LogP contribution in [0.2, 0.25) is 0 Å². The molecule has 6 atom stereocenters. The summed E-state index contributed by atoms with van der Waals surface area (Å²) in [6.07, 6.45) is 3.09. The summed E-state index contributed by atoms with van der Waals surface area (Å²) < 4.78 is 0. The molecule has 2 rings (SSSR count). The number of hydrogen-bond acceptors (Lipinski definition) is 1. The predicted molar refractivity (Wildman–Crippen MR) is 74.5 cm³/mol. The van der Waals surface area contributed by atoms with E-state index in [1.54, 1.807) is 0 Å². The SMILES string of the molecule is C[C@H]1Cc2ncccc2[C@H]1P(P)PP. The van der Waals surface area contributed by atoms with E-state index in [2.05, 4.69) is 41.9 Å². The summed E-state index contributed by atoms with van der Waals surface area (Å²) in [5.41, 5.74) is 3.61. The lowest BCUT2D eigenvalue weighted by Crippen LogP contribution is -1.97. The third-order valence-corrected chi connectivity index (χ3v) is 13.8. The molecule has 76 valence electrons. The summed E-state index contributed by atoms with van der Waals surface area (Å²) in [5.74, 6) is 0.775. The van der Waals surface area contributed by atoms with Gasteiger partial charge in [-0.15, -0.1) is 17.9 Å². The van der Waals surface area contributed by atoms with Crippen molar-refractivity contribution in [3.8, 4) is 0 Å². The Kier molecular flexibility index (Phi) is 3.90. The van der Waals surface area contributed by atoms with Gasteiger partial charge in [-0.1, -0.05) is 28.2 Å². The van der Waals surface area contributed by atoms with E-state index in [0.717, 1.165) is 19.5 Å². The predicted octanol–water partition coefficient (Wildman–Crippen LogP) is 3.97. The van der Waals surface area contributed by atoms with Crippen molar-refractivity contribution in [3.63, 3.8) is 0 Å². The molecule has 0 aromatic carbocycles. The second-order valence-corrected chi connectivity index (χ2v) is 13.2. The third-order valence-electron chi connectivity index (χ3n) is 2.75. The van der Waals surface area contributed by atoms with Crippen molar-refractivity contribution in [1.82, 2.24) is 4.98 Å². The van der Waals surface area contributed by atoms with E-state index in [0.29, 0.717) is 0 Å². The van der Waals surface area contributed by atoms with Crippen LogP contribution in [0.3, 0.4) is 0 Å². The fourth-order valence-electron chi connectivity index (χ4n) is 2.12. The molecule has 14 heavy (non-hydrogen) atoms. The first kappa shape index (κ1) is 11.4. The zero-order chi connectivity index (χ0) is 10.1. The highest BCUT2D eigenvalue weighted by Gasteiger charge is 2.33. The zero-order valence-electron chi connectivity index (χ0n) is 8.14. The van der Waals surface area contributed by atoms with E-state index in [4.69, 9.17) is 0 Å². The Hall–Kier alpha value is 0.870. The molecule has 0 aliphatic heterocycles. The lowest BCUT2D eigenvalue weighted by molar-refractivity contribution is 0.610. The van der Waals surface area contributed by atoms with Crippen LogP contribution in [0.1, 0.15) is 23.8 Å². The number of aromatic nitrogens is 1. The number of hydrogen-bond donors (Lipinski definition) is 0. The van der Waals surface area contributed by atoms with E-state index < -0.39 is 0 Å². The molecule has 1 aliphatic rings. The smallest absolute Gasteiger partial charge is 0.0445 e. The molecule has 1 heterocycles. The van der Waals surface area contributed by atoms with Gasteiger partial charge in [0.05, 0.1) is 0 Å². The summed E-state index contributed by atoms with van der Waals surface area (Å²) in [6, 6.07) is 4.34. The van der Waals surface area contributed by atoms with Gasteiger partial charge >= 0.3 is 0 Å². The van der Waals surface area contributed by atoms with Gasteiger partial charge in [0.2, 0.25) is 0 Å². The Labute approximate surface area is 92.9 Å². The lowest BCUT2D eigenvalue weighted by atomic mass is 10.1. The molecule has 0 saturated carbocycles. The number of rotatable bonds is 2. The summed E-state index contributed by atoms with van der Waals surface area (Å²) in [7, 11) is 6.99. The second-order valence-electron chi connectivity index (χ2n) is 3.70. The molecule has 0 fully saturated rings. The number of fused-ring (bicyclic) bond motifs is 1. The van der Waals surface area contributed by atoms with Gasteiger partial charge in [0.1, 0.15) is 0 Å².